The van der Waals surface area contributed by atoms with Crippen LogP contribution in [-0.4, -0.2) is 36.1 Å². The van der Waals surface area contributed by atoms with E-state index in [0.717, 1.165) is 61.7 Å². The Balaban J connectivity index is 1.08. The fourth-order valence-corrected chi connectivity index (χ4v) is 3.32. The van der Waals surface area contributed by atoms with Crippen LogP contribution in [0.25, 0.3) is 21.8 Å². The molecule has 4 rings (SSSR count). The molecular weight excluding hydrogens is 358 g/mol. The molecular formula is C24H27N5. The number of rotatable bonds is 10. The highest BCUT2D eigenvalue weighted by molar-refractivity contribution is 5.79. The fraction of sp³-hybridized carbons (Fsp3) is 0.250. The van der Waals surface area contributed by atoms with E-state index >= 15 is 0 Å². The van der Waals surface area contributed by atoms with Crippen LogP contribution in [-0.2, 0) is 13.1 Å². The molecule has 0 saturated heterocycles. The molecule has 0 aliphatic heterocycles. The first kappa shape index (κ1) is 19.5. The quantitative estimate of drug-likeness (QED) is 0.366. The lowest BCUT2D eigenvalue weighted by molar-refractivity contribution is 0.576. The summed E-state index contributed by atoms with van der Waals surface area (Å²) >= 11 is 0. The standard InChI is InChI=1S/C24H27N5/c1-3-7-23-19(5-1)9-11-21(28-23)17-26-15-13-25-14-16-27-18-22-12-10-20-6-2-4-8-24(20)29-22/h1-12,25-27H,13-18H2. The minimum Gasteiger partial charge on any atom is -0.314 e. The summed E-state index contributed by atoms with van der Waals surface area (Å²) in [7, 11) is 0. The molecule has 2 aromatic heterocycles. The zero-order valence-electron chi connectivity index (χ0n) is 16.6. The highest BCUT2D eigenvalue weighted by Crippen LogP contribution is 2.12. The lowest BCUT2D eigenvalue weighted by Gasteiger charge is -2.08. The van der Waals surface area contributed by atoms with Gasteiger partial charge >= 0.3 is 0 Å². The third-order valence-corrected chi connectivity index (χ3v) is 4.88. The Kier molecular flexibility index (Phi) is 6.76. The van der Waals surface area contributed by atoms with E-state index in [1.807, 2.05) is 24.3 Å². The molecule has 0 radical (unpaired) electrons. The summed E-state index contributed by atoms with van der Waals surface area (Å²) in [6, 6.07) is 24.9. The molecule has 2 aromatic carbocycles. The van der Waals surface area contributed by atoms with Crippen molar-refractivity contribution in [2.75, 3.05) is 26.2 Å². The molecule has 0 fully saturated rings. The Bertz CT molecular complexity index is 978. The van der Waals surface area contributed by atoms with E-state index in [4.69, 9.17) is 0 Å². The molecule has 0 unspecified atom stereocenters. The van der Waals surface area contributed by atoms with Gasteiger partial charge in [0.2, 0.25) is 0 Å². The Labute approximate surface area is 171 Å². The molecule has 0 amide bonds. The van der Waals surface area contributed by atoms with Crippen LogP contribution in [0.4, 0.5) is 0 Å². The summed E-state index contributed by atoms with van der Waals surface area (Å²) in [5, 5.41) is 12.7. The maximum atomic E-state index is 4.68. The van der Waals surface area contributed by atoms with Gasteiger partial charge in [-0.3, -0.25) is 9.97 Å². The van der Waals surface area contributed by atoms with Crippen molar-refractivity contribution in [3.05, 3.63) is 84.2 Å². The van der Waals surface area contributed by atoms with Gasteiger partial charge in [0.15, 0.2) is 0 Å². The summed E-state index contributed by atoms with van der Waals surface area (Å²) in [5.41, 5.74) is 4.26. The van der Waals surface area contributed by atoms with Crippen molar-refractivity contribution in [1.29, 1.82) is 0 Å². The maximum absolute atomic E-state index is 4.68. The van der Waals surface area contributed by atoms with Gasteiger partial charge in [-0.15, -0.1) is 0 Å². The van der Waals surface area contributed by atoms with Crippen molar-refractivity contribution < 1.29 is 0 Å². The van der Waals surface area contributed by atoms with Gasteiger partial charge < -0.3 is 16.0 Å². The molecule has 0 aliphatic rings. The molecule has 5 heteroatoms. The van der Waals surface area contributed by atoms with Crippen LogP contribution in [0, 0.1) is 0 Å². The minimum atomic E-state index is 0.790. The Morgan fingerprint density at radius 2 is 0.931 bits per heavy atom. The molecule has 148 valence electrons. The zero-order chi connectivity index (χ0) is 19.7. The Morgan fingerprint density at radius 1 is 0.483 bits per heavy atom. The van der Waals surface area contributed by atoms with Crippen LogP contribution in [0.5, 0.6) is 0 Å². The number of hydrogen-bond donors (Lipinski definition) is 3. The van der Waals surface area contributed by atoms with Crippen LogP contribution in [0.1, 0.15) is 11.4 Å². The molecule has 4 aromatic rings. The number of pyridine rings is 2. The maximum Gasteiger partial charge on any atom is 0.0705 e. The van der Waals surface area contributed by atoms with Crippen molar-refractivity contribution in [2.45, 2.75) is 13.1 Å². The van der Waals surface area contributed by atoms with Gasteiger partial charge in [-0.1, -0.05) is 48.5 Å². The highest BCUT2D eigenvalue weighted by Gasteiger charge is 1.99. The minimum absolute atomic E-state index is 0.790. The van der Waals surface area contributed by atoms with Crippen molar-refractivity contribution in [2.24, 2.45) is 0 Å². The Morgan fingerprint density at radius 3 is 1.45 bits per heavy atom. The normalized spacial score (nSPS) is 11.3. The summed E-state index contributed by atoms with van der Waals surface area (Å²) in [6.45, 7) is 5.28. The largest absolute Gasteiger partial charge is 0.314 e. The second-order valence-corrected chi connectivity index (χ2v) is 7.09. The predicted octanol–water partition coefficient (Wildman–Crippen LogP) is 3.25. The number of para-hydroxylation sites is 2. The van der Waals surface area contributed by atoms with E-state index in [0.29, 0.717) is 0 Å². The number of nitrogens with zero attached hydrogens (tertiary/aromatic N) is 2. The molecule has 2 heterocycles. The second-order valence-electron chi connectivity index (χ2n) is 7.09. The number of aromatic nitrogens is 2. The molecule has 3 N–H and O–H groups in total. The van der Waals surface area contributed by atoms with E-state index in [9.17, 15) is 0 Å². The van der Waals surface area contributed by atoms with E-state index < -0.39 is 0 Å². The van der Waals surface area contributed by atoms with E-state index in [-0.39, 0.29) is 0 Å². The van der Waals surface area contributed by atoms with E-state index in [1.54, 1.807) is 0 Å². The number of nitrogens with one attached hydrogen (secondary N) is 3. The van der Waals surface area contributed by atoms with Crippen molar-refractivity contribution >= 4 is 21.8 Å². The van der Waals surface area contributed by atoms with Crippen LogP contribution in [0.15, 0.2) is 72.8 Å². The van der Waals surface area contributed by atoms with Gasteiger partial charge in [-0.2, -0.15) is 0 Å². The SMILES string of the molecule is c1ccc2nc(CNCCNCCNCc3ccc4ccccc4n3)ccc2c1. The predicted molar refractivity (Wildman–Crippen MR) is 120 cm³/mol. The van der Waals surface area contributed by atoms with Crippen LogP contribution < -0.4 is 16.0 Å². The van der Waals surface area contributed by atoms with Gasteiger partial charge in [0.05, 0.1) is 22.4 Å². The molecule has 0 aliphatic carbocycles. The number of fused-ring (bicyclic) bond motifs is 2. The highest BCUT2D eigenvalue weighted by atomic mass is 15.0. The average molecular weight is 386 g/mol. The summed E-state index contributed by atoms with van der Waals surface area (Å²) < 4.78 is 0. The van der Waals surface area contributed by atoms with Crippen molar-refractivity contribution in [1.82, 2.24) is 25.9 Å². The summed E-state index contributed by atoms with van der Waals surface area (Å²) in [5.74, 6) is 0. The smallest absolute Gasteiger partial charge is 0.0705 e. The first-order valence-electron chi connectivity index (χ1n) is 10.2. The van der Waals surface area contributed by atoms with Crippen molar-refractivity contribution in [3.8, 4) is 0 Å². The van der Waals surface area contributed by atoms with Crippen LogP contribution in [0.3, 0.4) is 0 Å². The lowest BCUT2D eigenvalue weighted by Crippen LogP contribution is -2.32. The number of hydrogen-bond acceptors (Lipinski definition) is 5. The molecule has 0 spiro atoms. The first-order valence-corrected chi connectivity index (χ1v) is 10.2. The third kappa shape index (κ3) is 5.57. The Hall–Kier alpha value is -2.86. The summed E-state index contributed by atoms with van der Waals surface area (Å²) in [6.07, 6.45) is 0. The zero-order valence-corrected chi connectivity index (χ0v) is 16.6. The molecule has 0 bridgehead atoms. The molecule has 5 nitrogen and oxygen atoms in total. The number of benzene rings is 2. The third-order valence-electron chi connectivity index (χ3n) is 4.88. The van der Waals surface area contributed by atoms with Gasteiger partial charge in [0, 0.05) is 50.0 Å². The van der Waals surface area contributed by atoms with Crippen LogP contribution in [0.2, 0.25) is 0 Å². The lowest BCUT2D eigenvalue weighted by atomic mass is 10.2. The van der Waals surface area contributed by atoms with Crippen molar-refractivity contribution in [3.63, 3.8) is 0 Å². The van der Waals surface area contributed by atoms with E-state index in [2.05, 4.69) is 74.4 Å². The monoisotopic (exact) mass is 385 g/mol. The second kappa shape index (κ2) is 10.1. The average Bonchev–Trinajstić information content (AvgIpc) is 2.77. The molecule has 0 saturated carbocycles. The van der Waals surface area contributed by atoms with Gasteiger partial charge in [0.25, 0.3) is 0 Å². The first-order chi connectivity index (χ1) is 14.4. The fourth-order valence-electron chi connectivity index (χ4n) is 3.32. The molecule has 0 atom stereocenters. The van der Waals surface area contributed by atoms with Gasteiger partial charge in [-0.25, -0.2) is 0 Å². The van der Waals surface area contributed by atoms with E-state index in [1.165, 1.54) is 10.8 Å². The van der Waals surface area contributed by atoms with Gasteiger partial charge in [0.1, 0.15) is 0 Å². The molecule has 29 heavy (non-hydrogen) atoms. The summed E-state index contributed by atoms with van der Waals surface area (Å²) in [4.78, 5) is 9.36. The topological polar surface area (TPSA) is 61.9 Å². The van der Waals surface area contributed by atoms with Crippen LogP contribution >= 0.6 is 0 Å². The van der Waals surface area contributed by atoms with Gasteiger partial charge in [-0.05, 0) is 24.3 Å².